The fraction of sp³-hybridized carbons (Fsp3) is 0.833. The fourth-order valence-electron chi connectivity index (χ4n) is 7.90. The molecule has 3 saturated carbocycles. The van der Waals surface area contributed by atoms with E-state index in [0.717, 1.165) is 32.1 Å². The lowest BCUT2D eigenvalue weighted by Gasteiger charge is -2.61. The van der Waals surface area contributed by atoms with E-state index in [-0.39, 0.29) is 46.6 Å². The van der Waals surface area contributed by atoms with Gasteiger partial charge in [-0.2, -0.15) is 12.6 Å². The molecule has 0 aromatic carbocycles. The SMILES string of the molecule is C[C@]12CCC(=O)C=C1CC(C(=O)CS)[C@@H]1[C@H]2CC[C@@]2(C)[C@H]1CCC2(O)CCCO. The molecule has 3 fully saturated rings. The van der Waals surface area contributed by atoms with Gasteiger partial charge in [-0.25, -0.2) is 0 Å². The molecular formula is C24H36O4S. The van der Waals surface area contributed by atoms with E-state index in [0.29, 0.717) is 37.5 Å². The second kappa shape index (κ2) is 7.49. The van der Waals surface area contributed by atoms with E-state index in [9.17, 15) is 19.8 Å². The third-order valence-electron chi connectivity index (χ3n) is 9.65. The van der Waals surface area contributed by atoms with Crippen LogP contribution in [0.1, 0.15) is 71.6 Å². The first-order valence-corrected chi connectivity index (χ1v) is 12.0. The zero-order valence-electron chi connectivity index (χ0n) is 17.8. The predicted molar refractivity (Wildman–Crippen MR) is 116 cm³/mol. The molecule has 0 aromatic heterocycles. The molecule has 0 amide bonds. The summed E-state index contributed by atoms with van der Waals surface area (Å²) in [4.78, 5) is 25.2. The van der Waals surface area contributed by atoms with Crippen molar-refractivity contribution in [3.63, 3.8) is 0 Å². The van der Waals surface area contributed by atoms with Crippen molar-refractivity contribution in [3.05, 3.63) is 11.6 Å². The molecule has 2 N–H and O–H groups in total. The highest BCUT2D eigenvalue weighted by molar-refractivity contribution is 7.81. The van der Waals surface area contributed by atoms with Crippen LogP contribution in [-0.2, 0) is 9.59 Å². The maximum absolute atomic E-state index is 13.0. The quantitative estimate of drug-likeness (QED) is 0.592. The molecule has 5 heteroatoms. The van der Waals surface area contributed by atoms with Crippen LogP contribution in [-0.4, -0.2) is 39.7 Å². The van der Waals surface area contributed by atoms with Crippen molar-refractivity contribution >= 4 is 24.2 Å². The second-order valence-corrected chi connectivity index (χ2v) is 10.9. The Kier molecular flexibility index (Phi) is 5.57. The number of aliphatic hydroxyl groups excluding tert-OH is 1. The van der Waals surface area contributed by atoms with Crippen LogP contribution in [0.5, 0.6) is 0 Å². The van der Waals surface area contributed by atoms with E-state index >= 15 is 0 Å². The summed E-state index contributed by atoms with van der Waals surface area (Å²) in [5.74, 6) is 1.51. The molecule has 0 radical (unpaired) electrons. The Labute approximate surface area is 179 Å². The van der Waals surface area contributed by atoms with E-state index in [1.807, 2.05) is 6.08 Å². The Morgan fingerprint density at radius 2 is 1.93 bits per heavy atom. The van der Waals surface area contributed by atoms with E-state index in [2.05, 4.69) is 26.5 Å². The number of hydrogen-bond donors (Lipinski definition) is 3. The minimum absolute atomic E-state index is 0.000903. The lowest BCUT2D eigenvalue weighted by atomic mass is 9.43. The minimum Gasteiger partial charge on any atom is -0.396 e. The lowest BCUT2D eigenvalue weighted by molar-refractivity contribution is -0.153. The van der Waals surface area contributed by atoms with Gasteiger partial charge in [0.1, 0.15) is 5.78 Å². The topological polar surface area (TPSA) is 74.6 Å². The molecule has 0 aromatic rings. The van der Waals surface area contributed by atoms with Crippen LogP contribution in [0.15, 0.2) is 11.6 Å². The van der Waals surface area contributed by atoms with Crippen molar-refractivity contribution in [2.75, 3.05) is 12.4 Å². The number of thiol groups is 1. The number of carbonyl (C=O) groups excluding carboxylic acids is 2. The molecule has 0 bridgehead atoms. The Balaban J connectivity index is 1.74. The molecule has 0 heterocycles. The Hall–Kier alpha value is -0.650. The molecule has 4 rings (SSSR count). The molecule has 0 spiro atoms. The van der Waals surface area contributed by atoms with Crippen molar-refractivity contribution in [1.29, 1.82) is 0 Å². The average Bonchev–Trinajstić information content (AvgIpc) is 2.97. The summed E-state index contributed by atoms with van der Waals surface area (Å²) in [6.07, 6.45) is 8.95. The monoisotopic (exact) mass is 420 g/mol. The highest BCUT2D eigenvalue weighted by Gasteiger charge is 2.65. The van der Waals surface area contributed by atoms with Gasteiger partial charge in [0.05, 0.1) is 5.60 Å². The van der Waals surface area contributed by atoms with Crippen molar-refractivity contribution in [3.8, 4) is 0 Å². The molecule has 0 aliphatic heterocycles. The fourth-order valence-corrected chi connectivity index (χ4v) is 8.14. The van der Waals surface area contributed by atoms with Crippen molar-refractivity contribution in [2.45, 2.75) is 77.2 Å². The Morgan fingerprint density at radius 3 is 2.62 bits per heavy atom. The standard InChI is InChI=1S/C24H36O4S/c1-22-8-4-16(26)12-15(22)13-17(20(27)14-29)21-18(22)5-9-23(2)19(21)6-10-24(23,28)7-3-11-25/h12,17-19,21,25,28-29H,3-11,13-14H2,1-2H3/t17?,18-,19+,21-,22+,23+,24?/m1/s1. The number of aliphatic hydroxyl groups is 2. The van der Waals surface area contributed by atoms with Gasteiger partial charge in [0, 0.05) is 24.7 Å². The van der Waals surface area contributed by atoms with Crippen molar-refractivity contribution in [2.24, 2.45) is 34.5 Å². The second-order valence-electron chi connectivity index (χ2n) is 10.6. The van der Waals surface area contributed by atoms with Gasteiger partial charge in [-0.05, 0) is 86.0 Å². The highest BCUT2D eigenvalue weighted by atomic mass is 32.1. The van der Waals surface area contributed by atoms with Crippen LogP contribution in [0, 0.1) is 34.5 Å². The van der Waals surface area contributed by atoms with Crippen LogP contribution in [0.3, 0.4) is 0 Å². The molecule has 2 unspecified atom stereocenters. The molecular weight excluding hydrogens is 384 g/mol. The van der Waals surface area contributed by atoms with Gasteiger partial charge in [0.15, 0.2) is 5.78 Å². The minimum atomic E-state index is -0.751. The number of ketones is 2. The van der Waals surface area contributed by atoms with Crippen LogP contribution in [0.4, 0.5) is 0 Å². The summed E-state index contributed by atoms with van der Waals surface area (Å²) in [5.41, 5.74) is 0.228. The molecule has 4 nitrogen and oxygen atoms in total. The van der Waals surface area contributed by atoms with Gasteiger partial charge in [-0.1, -0.05) is 19.4 Å². The van der Waals surface area contributed by atoms with Gasteiger partial charge in [0.25, 0.3) is 0 Å². The number of hydrogen-bond acceptors (Lipinski definition) is 5. The smallest absolute Gasteiger partial charge is 0.155 e. The highest BCUT2D eigenvalue weighted by Crippen LogP contribution is 2.69. The molecule has 4 aliphatic rings. The third kappa shape index (κ3) is 3.10. The molecule has 7 atom stereocenters. The van der Waals surface area contributed by atoms with Crippen molar-refractivity contribution < 1.29 is 19.8 Å². The summed E-state index contributed by atoms with van der Waals surface area (Å²) in [5, 5.41) is 21.0. The Bertz CT molecular complexity index is 732. The van der Waals surface area contributed by atoms with Crippen LogP contribution in [0.2, 0.25) is 0 Å². The average molecular weight is 421 g/mol. The van der Waals surface area contributed by atoms with Gasteiger partial charge < -0.3 is 10.2 Å². The summed E-state index contributed by atoms with van der Waals surface area (Å²) >= 11 is 4.32. The van der Waals surface area contributed by atoms with Gasteiger partial charge >= 0.3 is 0 Å². The zero-order chi connectivity index (χ0) is 21.0. The summed E-state index contributed by atoms with van der Waals surface area (Å²) < 4.78 is 0. The number of carbonyl (C=O) groups is 2. The van der Waals surface area contributed by atoms with Crippen molar-refractivity contribution in [1.82, 2.24) is 0 Å². The largest absolute Gasteiger partial charge is 0.396 e. The predicted octanol–water partition coefficient (Wildman–Crippen LogP) is 3.75. The van der Waals surface area contributed by atoms with Crippen LogP contribution >= 0.6 is 12.6 Å². The zero-order valence-corrected chi connectivity index (χ0v) is 18.7. The lowest BCUT2D eigenvalue weighted by Crippen LogP contribution is -2.58. The molecule has 29 heavy (non-hydrogen) atoms. The summed E-state index contributed by atoms with van der Waals surface area (Å²) in [6, 6.07) is 0. The van der Waals surface area contributed by atoms with Gasteiger partial charge in [-0.15, -0.1) is 0 Å². The Morgan fingerprint density at radius 1 is 1.21 bits per heavy atom. The first-order valence-electron chi connectivity index (χ1n) is 11.4. The van der Waals surface area contributed by atoms with E-state index < -0.39 is 5.60 Å². The van der Waals surface area contributed by atoms with Gasteiger partial charge in [0.2, 0.25) is 0 Å². The first kappa shape index (κ1) is 21.6. The normalized spacial score (nSPS) is 46.5. The first-order chi connectivity index (χ1) is 13.7. The van der Waals surface area contributed by atoms with Crippen LogP contribution < -0.4 is 0 Å². The summed E-state index contributed by atoms with van der Waals surface area (Å²) in [7, 11) is 0. The third-order valence-corrected chi connectivity index (χ3v) is 9.97. The summed E-state index contributed by atoms with van der Waals surface area (Å²) in [6.45, 7) is 4.66. The van der Waals surface area contributed by atoms with E-state index in [1.165, 1.54) is 5.57 Å². The number of allylic oxidation sites excluding steroid dienone is 1. The van der Waals surface area contributed by atoms with Gasteiger partial charge in [-0.3, -0.25) is 9.59 Å². The number of fused-ring (bicyclic) bond motifs is 5. The van der Waals surface area contributed by atoms with E-state index in [1.54, 1.807) is 0 Å². The molecule has 162 valence electrons. The maximum Gasteiger partial charge on any atom is 0.155 e. The number of Topliss-reactive ketones (excluding diaryl/α,β-unsaturated/α-hetero) is 1. The maximum atomic E-state index is 13.0. The van der Waals surface area contributed by atoms with Crippen LogP contribution in [0.25, 0.3) is 0 Å². The molecule has 0 saturated heterocycles. The number of rotatable bonds is 5. The van der Waals surface area contributed by atoms with E-state index in [4.69, 9.17) is 0 Å². The molecule has 4 aliphatic carbocycles.